The fourth-order valence-electron chi connectivity index (χ4n) is 3.05. The van der Waals surface area contributed by atoms with Crippen LogP contribution in [-0.4, -0.2) is 27.6 Å². The Morgan fingerprint density at radius 1 is 1.16 bits per heavy atom. The molecule has 25 heavy (non-hydrogen) atoms. The van der Waals surface area contributed by atoms with Gasteiger partial charge in [0.1, 0.15) is 0 Å². The monoisotopic (exact) mass is 334 g/mol. The number of hydrogen-bond acceptors (Lipinski definition) is 5. The van der Waals surface area contributed by atoms with Crippen LogP contribution in [0.2, 0.25) is 0 Å². The minimum Gasteiger partial charge on any atom is -0.334 e. The third-order valence-electron chi connectivity index (χ3n) is 4.52. The van der Waals surface area contributed by atoms with Gasteiger partial charge in [-0.05, 0) is 36.2 Å². The van der Waals surface area contributed by atoms with E-state index in [1.54, 1.807) is 17.3 Å². The second kappa shape index (κ2) is 6.47. The Morgan fingerprint density at radius 3 is 2.64 bits per heavy atom. The zero-order valence-corrected chi connectivity index (χ0v) is 13.9. The van der Waals surface area contributed by atoms with Crippen LogP contribution in [0.4, 0.5) is 5.69 Å². The number of amides is 1. The Labute approximate surface area is 145 Å². The predicted octanol–water partition coefficient (Wildman–Crippen LogP) is 3.21. The Bertz CT molecular complexity index is 874. The molecule has 1 saturated heterocycles. The molecule has 3 heterocycles. The first-order chi connectivity index (χ1) is 12.2. The number of benzene rings is 1. The molecule has 1 aliphatic rings. The second-order valence-electron chi connectivity index (χ2n) is 6.12. The maximum atomic E-state index is 12.4. The maximum absolute atomic E-state index is 12.4. The summed E-state index contributed by atoms with van der Waals surface area (Å²) >= 11 is 0. The molecule has 0 saturated carbocycles. The van der Waals surface area contributed by atoms with Gasteiger partial charge in [-0.3, -0.25) is 9.78 Å². The standard InChI is InChI=1S/C19H18N4O2/c1-2-13-3-5-16(6-4-13)23-12-15(11-17(23)24)18-21-19(25-22-18)14-7-9-20-10-8-14/h3-10,15H,2,11-12H2,1H3. The van der Waals surface area contributed by atoms with Gasteiger partial charge in [0, 0.05) is 42.5 Å². The average molecular weight is 334 g/mol. The molecule has 1 unspecified atom stereocenters. The summed E-state index contributed by atoms with van der Waals surface area (Å²) in [5, 5.41) is 4.08. The van der Waals surface area contributed by atoms with E-state index < -0.39 is 0 Å². The summed E-state index contributed by atoms with van der Waals surface area (Å²) < 4.78 is 5.35. The highest BCUT2D eigenvalue weighted by molar-refractivity contribution is 5.96. The highest BCUT2D eigenvalue weighted by atomic mass is 16.5. The summed E-state index contributed by atoms with van der Waals surface area (Å²) in [5.74, 6) is 1.06. The van der Waals surface area contributed by atoms with Crippen LogP contribution in [0, 0.1) is 0 Å². The third-order valence-corrected chi connectivity index (χ3v) is 4.52. The summed E-state index contributed by atoms with van der Waals surface area (Å²) in [6, 6.07) is 11.8. The first kappa shape index (κ1) is 15.5. The minimum absolute atomic E-state index is 0.0577. The van der Waals surface area contributed by atoms with Gasteiger partial charge in [-0.15, -0.1) is 0 Å². The summed E-state index contributed by atoms with van der Waals surface area (Å²) in [6.07, 6.45) is 4.74. The van der Waals surface area contributed by atoms with E-state index >= 15 is 0 Å². The number of hydrogen-bond donors (Lipinski definition) is 0. The van der Waals surface area contributed by atoms with Gasteiger partial charge >= 0.3 is 0 Å². The molecule has 0 aliphatic carbocycles. The van der Waals surface area contributed by atoms with Crippen LogP contribution in [0.3, 0.4) is 0 Å². The minimum atomic E-state index is -0.0577. The van der Waals surface area contributed by atoms with Gasteiger partial charge in [0.15, 0.2) is 5.82 Å². The zero-order valence-electron chi connectivity index (χ0n) is 13.9. The van der Waals surface area contributed by atoms with E-state index in [-0.39, 0.29) is 11.8 Å². The van der Waals surface area contributed by atoms with Crippen molar-refractivity contribution in [1.29, 1.82) is 0 Å². The molecular weight excluding hydrogens is 316 g/mol. The van der Waals surface area contributed by atoms with E-state index in [1.807, 2.05) is 24.3 Å². The van der Waals surface area contributed by atoms with Crippen molar-refractivity contribution < 1.29 is 9.32 Å². The molecule has 1 fully saturated rings. The third kappa shape index (κ3) is 3.03. The number of carbonyl (C=O) groups excluding carboxylic acids is 1. The number of carbonyl (C=O) groups is 1. The predicted molar refractivity (Wildman–Crippen MR) is 93.1 cm³/mol. The Kier molecular flexibility index (Phi) is 4.01. The molecule has 0 spiro atoms. The van der Waals surface area contributed by atoms with Crippen LogP contribution in [-0.2, 0) is 11.2 Å². The number of aryl methyl sites for hydroxylation is 1. The van der Waals surface area contributed by atoms with Gasteiger partial charge < -0.3 is 9.42 Å². The summed E-state index contributed by atoms with van der Waals surface area (Å²) in [6.45, 7) is 2.68. The molecule has 1 atom stereocenters. The van der Waals surface area contributed by atoms with E-state index in [0.717, 1.165) is 17.7 Å². The van der Waals surface area contributed by atoms with Crippen molar-refractivity contribution in [2.24, 2.45) is 0 Å². The average Bonchev–Trinajstić information content (AvgIpc) is 3.29. The van der Waals surface area contributed by atoms with Gasteiger partial charge in [0.05, 0.1) is 0 Å². The fraction of sp³-hybridized carbons (Fsp3) is 0.263. The number of rotatable bonds is 4. The largest absolute Gasteiger partial charge is 0.334 e. The summed E-state index contributed by atoms with van der Waals surface area (Å²) in [4.78, 5) is 22.7. The van der Waals surface area contributed by atoms with E-state index in [2.05, 4.69) is 34.2 Å². The number of nitrogens with zero attached hydrogens (tertiary/aromatic N) is 4. The van der Waals surface area contributed by atoms with Crippen molar-refractivity contribution in [3.05, 3.63) is 60.2 Å². The number of pyridine rings is 1. The van der Waals surface area contributed by atoms with E-state index in [1.165, 1.54) is 5.56 Å². The summed E-state index contributed by atoms with van der Waals surface area (Å²) in [5.41, 5.74) is 3.00. The van der Waals surface area contributed by atoms with E-state index in [0.29, 0.717) is 24.7 Å². The fourth-order valence-corrected chi connectivity index (χ4v) is 3.05. The smallest absolute Gasteiger partial charge is 0.258 e. The second-order valence-corrected chi connectivity index (χ2v) is 6.12. The highest BCUT2D eigenvalue weighted by Crippen LogP contribution is 2.31. The van der Waals surface area contributed by atoms with E-state index in [4.69, 9.17) is 4.52 Å². The Balaban J connectivity index is 1.53. The zero-order chi connectivity index (χ0) is 17.2. The lowest BCUT2D eigenvalue weighted by Crippen LogP contribution is -2.24. The van der Waals surface area contributed by atoms with Crippen molar-refractivity contribution >= 4 is 11.6 Å². The number of aromatic nitrogens is 3. The van der Waals surface area contributed by atoms with Crippen molar-refractivity contribution in [2.45, 2.75) is 25.7 Å². The van der Waals surface area contributed by atoms with Crippen LogP contribution >= 0.6 is 0 Å². The SMILES string of the molecule is CCc1ccc(N2CC(c3noc(-c4ccncc4)n3)CC2=O)cc1. The Morgan fingerprint density at radius 2 is 1.92 bits per heavy atom. The van der Waals surface area contributed by atoms with Crippen molar-refractivity contribution in [3.63, 3.8) is 0 Å². The molecule has 4 rings (SSSR count). The molecule has 3 aromatic rings. The quantitative estimate of drug-likeness (QED) is 0.732. The van der Waals surface area contributed by atoms with Gasteiger partial charge in [-0.1, -0.05) is 24.2 Å². The first-order valence-electron chi connectivity index (χ1n) is 8.38. The van der Waals surface area contributed by atoms with E-state index in [9.17, 15) is 4.79 Å². The lowest BCUT2D eigenvalue weighted by atomic mass is 10.1. The molecule has 1 amide bonds. The molecule has 2 aromatic heterocycles. The molecule has 0 N–H and O–H groups in total. The van der Waals surface area contributed by atoms with Crippen LogP contribution in [0.1, 0.15) is 30.7 Å². The molecule has 1 aliphatic heterocycles. The molecular formula is C19H18N4O2. The van der Waals surface area contributed by atoms with Crippen LogP contribution < -0.4 is 4.90 Å². The van der Waals surface area contributed by atoms with Gasteiger partial charge in [-0.2, -0.15) is 4.98 Å². The topological polar surface area (TPSA) is 72.1 Å². The normalized spacial score (nSPS) is 17.2. The molecule has 1 aromatic carbocycles. The lowest BCUT2D eigenvalue weighted by molar-refractivity contribution is -0.117. The Hall–Kier alpha value is -3.02. The van der Waals surface area contributed by atoms with Gasteiger partial charge in [-0.25, -0.2) is 0 Å². The molecule has 0 bridgehead atoms. The first-order valence-corrected chi connectivity index (χ1v) is 8.38. The van der Waals surface area contributed by atoms with Crippen LogP contribution in [0.15, 0.2) is 53.3 Å². The number of anilines is 1. The van der Waals surface area contributed by atoms with Crippen molar-refractivity contribution in [1.82, 2.24) is 15.1 Å². The van der Waals surface area contributed by atoms with Crippen LogP contribution in [0.5, 0.6) is 0 Å². The maximum Gasteiger partial charge on any atom is 0.258 e. The lowest BCUT2D eigenvalue weighted by Gasteiger charge is -2.16. The van der Waals surface area contributed by atoms with Crippen molar-refractivity contribution in [2.75, 3.05) is 11.4 Å². The molecule has 6 heteroatoms. The van der Waals surface area contributed by atoms with Gasteiger partial charge in [0.25, 0.3) is 5.89 Å². The van der Waals surface area contributed by atoms with Crippen LogP contribution in [0.25, 0.3) is 11.5 Å². The molecule has 126 valence electrons. The molecule has 0 radical (unpaired) electrons. The highest BCUT2D eigenvalue weighted by Gasteiger charge is 2.34. The summed E-state index contributed by atoms with van der Waals surface area (Å²) in [7, 11) is 0. The molecule has 6 nitrogen and oxygen atoms in total. The van der Waals surface area contributed by atoms with Gasteiger partial charge in [0.2, 0.25) is 5.91 Å². The van der Waals surface area contributed by atoms with Crippen molar-refractivity contribution in [3.8, 4) is 11.5 Å².